The predicted molar refractivity (Wildman–Crippen MR) is 84.4 cm³/mol. The molecule has 0 saturated heterocycles. The number of nitrogens with one attached hydrogen (secondary N) is 1. The molecule has 0 spiro atoms. The molecule has 0 aliphatic heterocycles. The number of aryl methyl sites for hydroxylation is 1. The molecule has 0 unspecified atom stereocenters. The smallest absolute Gasteiger partial charge is 0.343 e. The van der Waals surface area contributed by atoms with Crippen LogP contribution in [0, 0.1) is 0 Å². The summed E-state index contributed by atoms with van der Waals surface area (Å²) in [6.07, 6.45) is 3.82. The molecule has 0 atom stereocenters. The van der Waals surface area contributed by atoms with E-state index in [4.69, 9.17) is 4.74 Å². The van der Waals surface area contributed by atoms with E-state index in [1.807, 2.05) is 13.0 Å². The summed E-state index contributed by atoms with van der Waals surface area (Å²) in [5.74, 6) is -0.488. The third kappa shape index (κ3) is 2.61. The number of carbonyl (C=O) groups is 1. The third-order valence-corrected chi connectivity index (χ3v) is 3.48. The van der Waals surface area contributed by atoms with Gasteiger partial charge in [-0.25, -0.2) is 14.3 Å². The van der Waals surface area contributed by atoms with E-state index in [9.17, 15) is 9.59 Å². The standard InChI is InChI=1S/C16H16N4O3/c1-3-11-14(16(22)23-4-2)15-18-12(8-13(21)20(15)19-11)10-6-5-7-17-9-10/h5-9,19H,3-4H2,1-2H3. The number of ether oxygens (including phenoxy) is 1. The van der Waals surface area contributed by atoms with Crippen molar-refractivity contribution in [2.75, 3.05) is 6.61 Å². The number of H-pyrrole nitrogens is 1. The summed E-state index contributed by atoms with van der Waals surface area (Å²) in [5.41, 5.74) is 2.08. The van der Waals surface area contributed by atoms with Gasteiger partial charge in [0.15, 0.2) is 5.65 Å². The van der Waals surface area contributed by atoms with Crippen LogP contribution in [0.5, 0.6) is 0 Å². The Balaban J connectivity index is 2.28. The minimum absolute atomic E-state index is 0.256. The first-order valence-corrected chi connectivity index (χ1v) is 7.37. The van der Waals surface area contributed by atoms with Gasteiger partial charge in [0.25, 0.3) is 5.56 Å². The van der Waals surface area contributed by atoms with E-state index in [2.05, 4.69) is 15.1 Å². The fraction of sp³-hybridized carbons (Fsp3) is 0.250. The highest BCUT2D eigenvalue weighted by molar-refractivity contribution is 5.97. The van der Waals surface area contributed by atoms with E-state index < -0.39 is 5.97 Å². The van der Waals surface area contributed by atoms with E-state index in [1.165, 1.54) is 10.6 Å². The van der Waals surface area contributed by atoms with Gasteiger partial charge in [-0.15, -0.1) is 0 Å². The monoisotopic (exact) mass is 312 g/mol. The maximum Gasteiger partial charge on any atom is 0.343 e. The van der Waals surface area contributed by atoms with Crippen molar-refractivity contribution in [2.45, 2.75) is 20.3 Å². The van der Waals surface area contributed by atoms with E-state index >= 15 is 0 Å². The quantitative estimate of drug-likeness (QED) is 0.742. The van der Waals surface area contributed by atoms with Crippen molar-refractivity contribution in [3.8, 4) is 11.3 Å². The van der Waals surface area contributed by atoms with Gasteiger partial charge in [0.2, 0.25) is 0 Å². The average molecular weight is 312 g/mol. The lowest BCUT2D eigenvalue weighted by Crippen LogP contribution is -2.15. The van der Waals surface area contributed by atoms with Crippen molar-refractivity contribution in [1.29, 1.82) is 0 Å². The first-order valence-electron chi connectivity index (χ1n) is 7.37. The Morgan fingerprint density at radius 2 is 2.22 bits per heavy atom. The van der Waals surface area contributed by atoms with E-state index in [0.29, 0.717) is 28.9 Å². The molecule has 0 saturated carbocycles. The highest BCUT2D eigenvalue weighted by Crippen LogP contribution is 2.19. The number of nitrogens with zero attached hydrogens (tertiary/aromatic N) is 3. The van der Waals surface area contributed by atoms with Gasteiger partial charge in [-0.1, -0.05) is 6.92 Å². The molecule has 7 heteroatoms. The van der Waals surface area contributed by atoms with E-state index in [0.717, 1.165) is 0 Å². The van der Waals surface area contributed by atoms with Crippen LogP contribution >= 0.6 is 0 Å². The SMILES string of the molecule is CCOC(=O)c1c(CC)[nH]n2c(=O)cc(-c3cccnc3)nc12. The molecule has 23 heavy (non-hydrogen) atoms. The van der Waals surface area contributed by atoms with Crippen LogP contribution in [-0.4, -0.2) is 32.2 Å². The Morgan fingerprint density at radius 1 is 1.39 bits per heavy atom. The molecule has 0 amide bonds. The Hall–Kier alpha value is -2.96. The molecule has 0 radical (unpaired) electrons. The van der Waals surface area contributed by atoms with E-state index in [-0.39, 0.29) is 17.8 Å². The summed E-state index contributed by atoms with van der Waals surface area (Å²) < 4.78 is 6.36. The summed E-state index contributed by atoms with van der Waals surface area (Å²) >= 11 is 0. The van der Waals surface area contributed by atoms with Gasteiger partial charge in [0, 0.05) is 24.0 Å². The molecule has 0 aromatic carbocycles. The molecule has 3 heterocycles. The molecule has 118 valence electrons. The summed E-state index contributed by atoms with van der Waals surface area (Å²) in [5, 5.41) is 2.93. The molecular weight excluding hydrogens is 296 g/mol. The second kappa shape index (κ2) is 6.04. The highest BCUT2D eigenvalue weighted by Gasteiger charge is 2.22. The number of aromatic amines is 1. The molecule has 0 aliphatic rings. The van der Waals surface area contributed by atoms with Crippen molar-refractivity contribution in [1.82, 2.24) is 19.6 Å². The molecular formula is C16H16N4O3. The predicted octanol–water partition coefficient (Wildman–Crippen LogP) is 1.82. The van der Waals surface area contributed by atoms with Crippen molar-refractivity contribution in [2.24, 2.45) is 0 Å². The second-order valence-corrected chi connectivity index (χ2v) is 4.92. The maximum absolute atomic E-state index is 12.4. The molecule has 3 aromatic rings. The summed E-state index contributed by atoms with van der Waals surface area (Å²) in [6.45, 7) is 3.88. The zero-order chi connectivity index (χ0) is 16.4. The van der Waals surface area contributed by atoms with Crippen LogP contribution in [0.1, 0.15) is 29.9 Å². The lowest BCUT2D eigenvalue weighted by Gasteiger charge is -2.03. The van der Waals surface area contributed by atoms with Crippen LogP contribution in [0.25, 0.3) is 16.9 Å². The first-order chi connectivity index (χ1) is 11.2. The van der Waals surface area contributed by atoms with Gasteiger partial charge in [-0.3, -0.25) is 14.9 Å². The molecule has 7 nitrogen and oxygen atoms in total. The maximum atomic E-state index is 12.4. The highest BCUT2D eigenvalue weighted by atomic mass is 16.5. The van der Waals surface area contributed by atoms with Gasteiger partial charge in [-0.2, -0.15) is 0 Å². The summed E-state index contributed by atoms with van der Waals surface area (Å²) in [7, 11) is 0. The Bertz CT molecular complexity index is 912. The van der Waals surface area contributed by atoms with Crippen LogP contribution in [0.3, 0.4) is 0 Å². The van der Waals surface area contributed by atoms with Crippen molar-refractivity contribution >= 4 is 11.6 Å². The summed E-state index contributed by atoms with van der Waals surface area (Å²) in [6, 6.07) is 4.98. The molecule has 1 N–H and O–H groups in total. The van der Waals surface area contributed by atoms with Gasteiger partial charge < -0.3 is 4.74 Å². The lowest BCUT2D eigenvalue weighted by atomic mass is 10.2. The zero-order valence-corrected chi connectivity index (χ0v) is 12.9. The average Bonchev–Trinajstić information content (AvgIpc) is 2.95. The number of pyridine rings is 1. The number of carbonyl (C=O) groups excluding carboxylic acids is 1. The second-order valence-electron chi connectivity index (χ2n) is 4.92. The Labute approximate surface area is 131 Å². The number of hydrogen-bond donors (Lipinski definition) is 1. The van der Waals surface area contributed by atoms with Crippen LogP contribution in [0.15, 0.2) is 35.4 Å². The van der Waals surface area contributed by atoms with Crippen LogP contribution < -0.4 is 5.56 Å². The van der Waals surface area contributed by atoms with Crippen molar-refractivity contribution < 1.29 is 9.53 Å². The zero-order valence-electron chi connectivity index (χ0n) is 12.9. The van der Waals surface area contributed by atoms with Crippen LogP contribution in [-0.2, 0) is 11.2 Å². The summed E-state index contributed by atoms with van der Waals surface area (Å²) in [4.78, 5) is 33.1. The fourth-order valence-electron chi connectivity index (χ4n) is 2.42. The van der Waals surface area contributed by atoms with Crippen LogP contribution in [0.2, 0.25) is 0 Å². The van der Waals surface area contributed by atoms with Gasteiger partial charge in [0.1, 0.15) is 5.56 Å². The molecule has 3 aromatic heterocycles. The number of aromatic nitrogens is 4. The molecule has 0 fully saturated rings. The topological polar surface area (TPSA) is 89.4 Å². The molecule has 0 bridgehead atoms. The number of hydrogen-bond acceptors (Lipinski definition) is 5. The Morgan fingerprint density at radius 3 is 2.87 bits per heavy atom. The van der Waals surface area contributed by atoms with E-state index in [1.54, 1.807) is 25.4 Å². The first kappa shape index (κ1) is 15.0. The third-order valence-electron chi connectivity index (χ3n) is 3.48. The van der Waals surface area contributed by atoms with Gasteiger partial charge in [0.05, 0.1) is 18.0 Å². The largest absolute Gasteiger partial charge is 0.462 e. The fourth-order valence-corrected chi connectivity index (χ4v) is 2.42. The van der Waals surface area contributed by atoms with Crippen LogP contribution in [0.4, 0.5) is 0 Å². The van der Waals surface area contributed by atoms with Gasteiger partial charge >= 0.3 is 5.97 Å². The van der Waals surface area contributed by atoms with Crippen molar-refractivity contribution in [3.63, 3.8) is 0 Å². The Kier molecular flexibility index (Phi) is 3.92. The number of rotatable bonds is 4. The normalized spacial score (nSPS) is 10.9. The van der Waals surface area contributed by atoms with Crippen molar-refractivity contribution in [3.05, 3.63) is 52.2 Å². The lowest BCUT2D eigenvalue weighted by molar-refractivity contribution is 0.0527. The number of esters is 1. The molecule has 0 aliphatic carbocycles. The number of fused-ring (bicyclic) bond motifs is 1. The molecule has 3 rings (SSSR count). The minimum Gasteiger partial charge on any atom is -0.462 e. The van der Waals surface area contributed by atoms with Gasteiger partial charge in [-0.05, 0) is 25.5 Å². The minimum atomic E-state index is -0.488.